The van der Waals surface area contributed by atoms with Crippen molar-refractivity contribution in [1.82, 2.24) is 10.2 Å². The molecule has 1 N–H and O–H groups in total. The van der Waals surface area contributed by atoms with Gasteiger partial charge in [-0.3, -0.25) is 13.9 Å². The Morgan fingerprint density at radius 3 is 2.27 bits per heavy atom. The first-order valence-electron chi connectivity index (χ1n) is 14.6. The van der Waals surface area contributed by atoms with Crippen molar-refractivity contribution in [2.24, 2.45) is 0 Å². The zero-order valence-electron chi connectivity index (χ0n) is 25.6. The van der Waals surface area contributed by atoms with Crippen molar-refractivity contribution in [3.8, 4) is 11.5 Å². The topological polar surface area (TPSA) is 105 Å². The molecule has 9 nitrogen and oxygen atoms in total. The second kappa shape index (κ2) is 14.3. The Balaban J connectivity index is 1.59. The maximum absolute atomic E-state index is 14.0. The predicted octanol–water partition coefficient (Wildman–Crippen LogP) is 5.21. The molecular weight excluding hydrogens is 602 g/mol. The molecule has 11 heteroatoms. The number of hydrogen-bond acceptors (Lipinski definition) is 6. The van der Waals surface area contributed by atoms with Gasteiger partial charge in [-0.25, -0.2) is 8.42 Å². The molecule has 0 fully saturated rings. The van der Waals surface area contributed by atoms with Gasteiger partial charge < -0.3 is 19.7 Å². The molecule has 236 valence electrons. The van der Waals surface area contributed by atoms with Crippen LogP contribution in [0.3, 0.4) is 0 Å². The molecule has 44 heavy (non-hydrogen) atoms. The molecule has 1 unspecified atom stereocenters. The molecule has 0 bridgehead atoms. The summed E-state index contributed by atoms with van der Waals surface area (Å²) in [5, 5.41) is 3.57. The summed E-state index contributed by atoms with van der Waals surface area (Å²) < 4.78 is 38.1. The molecule has 1 heterocycles. The molecule has 0 aliphatic carbocycles. The first kappa shape index (κ1) is 33.1. The predicted molar refractivity (Wildman–Crippen MR) is 173 cm³/mol. The number of anilines is 1. The summed E-state index contributed by atoms with van der Waals surface area (Å²) >= 11 is 6.27. The molecule has 4 rings (SSSR count). The lowest BCUT2D eigenvalue weighted by Crippen LogP contribution is -2.54. The van der Waals surface area contributed by atoms with Gasteiger partial charge in [-0.2, -0.15) is 0 Å². The quantitative estimate of drug-likeness (QED) is 0.291. The number of rotatable bonds is 12. The average molecular weight is 642 g/mol. The van der Waals surface area contributed by atoms with Crippen molar-refractivity contribution in [3.63, 3.8) is 0 Å². The summed E-state index contributed by atoms with van der Waals surface area (Å²) in [5.41, 5.74) is 1.59. The fourth-order valence-electron chi connectivity index (χ4n) is 5.03. The molecule has 0 radical (unpaired) electrons. The van der Waals surface area contributed by atoms with E-state index in [1.165, 1.54) is 4.31 Å². The number of benzene rings is 3. The van der Waals surface area contributed by atoms with Crippen LogP contribution >= 0.6 is 11.6 Å². The fourth-order valence-corrected chi connectivity index (χ4v) is 6.20. The number of fused-ring (bicyclic) bond motifs is 1. The van der Waals surface area contributed by atoms with E-state index in [1.54, 1.807) is 41.3 Å². The van der Waals surface area contributed by atoms with Gasteiger partial charge in [-0.15, -0.1) is 0 Å². The Kier molecular flexibility index (Phi) is 10.8. The minimum Gasteiger partial charge on any atom is -0.486 e. The van der Waals surface area contributed by atoms with Gasteiger partial charge >= 0.3 is 0 Å². The van der Waals surface area contributed by atoms with Crippen LogP contribution in [0.4, 0.5) is 5.69 Å². The average Bonchev–Trinajstić information content (AvgIpc) is 2.96. The van der Waals surface area contributed by atoms with Gasteiger partial charge in [0.15, 0.2) is 11.5 Å². The van der Waals surface area contributed by atoms with Crippen LogP contribution in [0.1, 0.15) is 44.7 Å². The van der Waals surface area contributed by atoms with E-state index in [0.717, 1.165) is 17.4 Å². The number of carbonyl (C=O) groups excluding carboxylic acids is 2. The highest BCUT2D eigenvalue weighted by Crippen LogP contribution is 2.35. The van der Waals surface area contributed by atoms with Crippen LogP contribution in [0.5, 0.6) is 11.5 Å². The Hall–Kier alpha value is -3.76. The van der Waals surface area contributed by atoms with Crippen molar-refractivity contribution in [2.75, 3.05) is 30.3 Å². The number of amides is 2. The SMILES string of the molecule is CC(C)(C)NC(=O)C(Cc1ccccc1)N(Cc1cccc(Cl)c1)C(=O)CCCN(c1ccc2c(c1)OCCO2)S(C)(=O)=O. The molecule has 3 aromatic rings. The van der Waals surface area contributed by atoms with Crippen molar-refractivity contribution < 1.29 is 27.5 Å². The molecule has 1 aliphatic heterocycles. The van der Waals surface area contributed by atoms with Gasteiger partial charge in [0.25, 0.3) is 0 Å². The maximum Gasteiger partial charge on any atom is 0.243 e. The highest BCUT2D eigenvalue weighted by molar-refractivity contribution is 7.92. The Morgan fingerprint density at radius 1 is 0.932 bits per heavy atom. The second-order valence-electron chi connectivity index (χ2n) is 11.9. The number of carbonyl (C=O) groups is 2. The van der Waals surface area contributed by atoms with Crippen molar-refractivity contribution in [2.45, 2.75) is 58.2 Å². The molecule has 0 saturated carbocycles. The van der Waals surface area contributed by atoms with Crippen LogP contribution < -0.4 is 19.1 Å². The van der Waals surface area contributed by atoms with E-state index in [9.17, 15) is 18.0 Å². The summed E-state index contributed by atoms with van der Waals surface area (Å²) in [5.74, 6) is 0.481. The molecule has 0 aromatic heterocycles. The summed E-state index contributed by atoms with van der Waals surface area (Å²) in [7, 11) is -3.67. The third-order valence-electron chi connectivity index (χ3n) is 6.98. The standard InChI is InChI=1S/C33H40ClN3O6S/c1-33(2,3)35-32(39)28(21-24-10-6-5-7-11-24)36(23-25-12-8-13-26(34)20-25)31(38)14-9-17-37(44(4,40)41)27-15-16-29-30(22-27)43-19-18-42-29/h5-8,10-13,15-16,20,22,28H,9,14,17-19,21,23H2,1-4H3,(H,35,39). The monoisotopic (exact) mass is 641 g/mol. The zero-order valence-corrected chi connectivity index (χ0v) is 27.2. The summed E-state index contributed by atoms with van der Waals surface area (Å²) in [6, 6.07) is 20.9. The largest absolute Gasteiger partial charge is 0.486 e. The van der Waals surface area contributed by atoms with Crippen LogP contribution in [0.2, 0.25) is 5.02 Å². The molecule has 0 spiro atoms. The molecule has 0 saturated heterocycles. The van der Waals surface area contributed by atoms with E-state index in [0.29, 0.717) is 41.8 Å². The van der Waals surface area contributed by atoms with Gasteiger partial charge in [0.1, 0.15) is 19.3 Å². The normalized spacial score (nSPS) is 13.6. The Bertz CT molecular complexity index is 1560. The third-order valence-corrected chi connectivity index (χ3v) is 8.41. The van der Waals surface area contributed by atoms with Gasteiger partial charge in [0.2, 0.25) is 21.8 Å². The van der Waals surface area contributed by atoms with Crippen LogP contribution in [0.25, 0.3) is 0 Å². The smallest absolute Gasteiger partial charge is 0.243 e. The fraction of sp³-hybridized carbons (Fsp3) is 0.394. The van der Waals surface area contributed by atoms with Crippen LogP contribution in [0, 0.1) is 0 Å². The van der Waals surface area contributed by atoms with Crippen molar-refractivity contribution in [1.29, 1.82) is 0 Å². The first-order valence-corrected chi connectivity index (χ1v) is 16.8. The van der Waals surface area contributed by atoms with Crippen LogP contribution in [-0.2, 0) is 32.6 Å². The van der Waals surface area contributed by atoms with Crippen LogP contribution in [-0.4, -0.2) is 62.7 Å². The van der Waals surface area contributed by atoms with Gasteiger partial charge in [0.05, 0.1) is 11.9 Å². The number of halogens is 1. The van der Waals surface area contributed by atoms with Gasteiger partial charge in [0, 0.05) is 42.6 Å². The van der Waals surface area contributed by atoms with E-state index in [4.69, 9.17) is 21.1 Å². The molecular formula is C33H40ClN3O6S. The lowest BCUT2D eigenvalue weighted by Gasteiger charge is -2.34. The summed E-state index contributed by atoms with van der Waals surface area (Å²) in [4.78, 5) is 29.3. The Morgan fingerprint density at radius 2 is 1.61 bits per heavy atom. The summed E-state index contributed by atoms with van der Waals surface area (Å²) in [6.07, 6.45) is 1.68. The van der Waals surface area contributed by atoms with E-state index >= 15 is 0 Å². The number of nitrogens with zero attached hydrogens (tertiary/aromatic N) is 2. The van der Waals surface area contributed by atoms with Crippen molar-refractivity contribution >= 4 is 39.1 Å². The van der Waals surface area contributed by atoms with Crippen molar-refractivity contribution in [3.05, 3.63) is 88.9 Å². The lowest BCUT2D eigenvalue weighted by atomic mass is 10.00. The maximum atomic E-state index is 14.0. The number of sulfonamides is 1. The van der Waals surface area contributed by atoms with E-state index in [1.807, 2.05) is 57.2 Å². The minimum atomic E-state index is -3.67. The molecule has 1 aliphatic rings. The highest BCUT2D eigenvalue weighted by atomic mass is 35.5. The van der Waals surface area contributed by atoms with Gasteiger partial charge in [-0.1, -0.05) is 54.1 Å². The first-order chi connectivity index (χ1) is 20.8. The Labute approximate surface area is 265 Å². The number of hydrogen-bond donors (Lipinski definition) is 1. The zero-order chi connectivity index (χ0) is 31.9. The second-order valence-corrected chi connectivity index (χ2v) is 14.2. The molecule has 2 amide bonds. The van der Waals surface area contributed by atoms with E-state index < -0.39 is 21.6 Å². The third kappa shape index (κ3) is 9.37. The van der Waals surface area contributed by atoms with Crippen LogP contribution in [0.15, 0.2) is 72.8 Å². The van der Waals surface area contributed by atoms with E-state index in [-0.39, 0.29) is 37.7 Å². The lowest BCUT2D eigenvalue weighted by molar-refractivity contribution is -0.142. The number of nitrogens with one attached hydrogen (secondary N) is 1. The highest BCUT2D eigenvalue weighted by Gasteiger charge is 2.32. The minimum absolute atomic E-state index is 0.0191. The van der Waals surface area contributed by atoms with E-state index in [2.05, 4.69) is 5.32 Å². The number of ether oxygens (including phenoxy) is 2. The van der Waals surface area contributed by atoms with Gasteiger partial charge in [-0.05, 0) is 62.6 Å². The summed E-state index contributed by atoms with van der Waals surface area (Å²) in [6.45, 7) is 6.70. The molecule has 1 atom stereocenters. The molecule has 3 aromatic carbocycles.